The molecule has 1 N–H and O–H groups in total. The maximum Gasteiger partial charge on any atom is 0.00952 e. The smallest absolute Gasteiger partial charge is 0.00952 e. The fourth-order valence-corrected chi connectivity index (χ4v) is 3.83. The quantitative estimate of drug-likeness (QED) is 0.828. The highest BCUT2D eigenvalue weighted by Gasteiger charge is 2.27. The Labute approximate surface area is 114 Å². The van der Waals surface area contributed by atoms with E-state index in [-0.39, 0.29) is 0 Å². The molecule has 106 valence electrons. The van der Waals surface area contributed by atoms with Crippen LogP contribution in [0, 0.1) is 5.92 Å². The molecular weight excluding hydrogens is 220 g/mol. The molecule has 0 aromatic heterocycles. The molecule has 1 saturated heterocycles. The number of nitrogens with zero attached hydrogens (tertiary/aromatic N) is 1. The van der Waals surface area contributed by atoms with Crippen LogP contribution in [0.3, 0.4) is 0 Å². The van der Waals surface area contributed by atoms with E-state index >= 15 is 0 Å². The highest BCUT2D eigenvalue weighted by atomic mass is 15.2. The largest absolute Gasteiger partial charge is 0.311 e. The summed E-state index contributed by atoms with van der Waals surface area (Å²) in [5.41, 5.74) is 0. The Morgan fingerprint density at radius 3 is 2.44 bits per heavy atom. The second-order valence-electron chi connectivity index (χ2n) is 6.57. The van der Waals surface area contributed by atoms with Crippen LogP contribution in [-0.2, 0) is 0 Å². The van der Waals surface area contributed by atoms with Crippen LogP contribution < -0.4 is 5.32 Å². The molecule has 18 heavy (non-hydrogen) atoms. The highest BCUT2D eigenvalue weighted by Crippen LogP contribution is 2.30. The summed E-state index contributed by atoms with van der Waals surface area (Å²) in [7, 11) is 0. The predicted molar refractivity (Wildman–Crippen MR) is 78.9 cm³/mol. The molecule has 2 fully saturated rings. The Hall–Kier alpha value is -0.0800. The summed E-state index contributed by atoms with van der Waals surface area (Å²) in [6.07, 6.45) is 9.81. The zero-order valence-corrected chi connectivity index (χ0v) is 12.6. The van der Waals surface area contributed by atoms with E-state index in [9.17, 15) is 0 Å². The molecule has 0 spiro atoms. The average Bonchev–Trinajstić information content (AvgIpc) is 2.87. The van der Waals surface area contributed by atoms with Gasteiger partial charge in [-0.25, -0.2) is 0 Å². The first kappa shape index (κ1) is 14.3. The maximum absolute atomic E-state index is 3.77. The minimum atomic E-state index is 0.688. The third-order valence-electron chi connectivity index (χ3n) is 5.29. The molecule has 2 rings (SSSR count). The lowest BCUT2D eigenvalue weighted by Gasteiger charge is -2.37. The molecule has 1 aliphatic heterocycles. The summed E-state index contributed by atoms with van der Waals surface area (Å²) in [6, 6.07) is 2.24. The molecule has 0 aromatic carbocycles. The van der Waals surface area contributed by atoms with Crippen LogP contribution in [0.25, 0.3) is 0 Å². The molecule has 1 aliphatic carbocycles. The number of rotatable bonds is 3. The van der Waals surface area contributed by atoms with Crippen molar-refractivity contribution in [1.82, 2.24) is 10.2 Å². The van der Waals surface area contributed by atoms with Gasteiger partial charge in [-0.2, -0.15) is 0 Å². The van der Waals surface area contributed by atoms with Crippen molar-refractivity contribution in [2.45, 2.75) is 83.8 Å². The summed E-state index contributed by atoms with van der Waals surface area (Å²) in [4.78, 5) is 2.79. The molecule has 0 amide bonds. The topological polar surface area (TPSA) is 15.3 Å². The molecule has 0 aromatic rings. The number of hydrogen-bond donors (Lipinski definition) is 1. The van der Waals surface area contributed by atoms with E-state index in [4.69, 9.17) is 0 Å². The summed E-state index contributed by atoms with van der Waals surface area (Å²) in [5.74, 6) is 0.979. The van der Waals surface area contributed by atoms with Crippen molar-refractivity contribution in [1.29, 1.82) is 0 Å². The SMILES string of the molecule is CCC1CCN(C(C)C2CCCC2)CCC(C)N1. The standard InChI is InChI=1S/C16H32N2/c1-4-16-10-12-18(11-9-13(2)17-16)14(3)15-7-5-6-8-15/h13-17H,4-12H2,1-3H3. The first-order valence-corrected chi connectivity index (χ1v) is 8.20. The van der Waals surface area contributed by atoms with E-state index in [0.29, 0.717) is 6.04 Å². The molecule has 2 heteroatoms. The average molecular weight is 252 g/mol. The minimum Gasteiger partial charge on any atom is -0.311 e. The normalized spacial score (nSPS) is 34.2. The monoisotopic (exact) mass is 252 g/mol. The third-order valence-corrected chi connectivity index (χ3v) is 5.29. The van der Waals surface area contributed by atoms with Crippen molar-refractivity contribution in [3.05, 3.63) is 0 Å². The van der Waals surface area contributed by atoms with Gasteiger partial charge in [-0.05, 0) is 65.0 Å². The van der Waals surface area contributed by atoms with Gasteiger partial charge in [-0.1, -0.05) is 19.8 Å². The van der Waals surface area contributed by atoms with Crippen LogP contribution in [0.5, 0.6) is 0 Å². The summed E-state index contributed by atoms with van der Waals surface area (Å²) < 4.78 is 0. The Balaban J connectivity index is 1.90. The van der Waals surface area contributed by atoms with E-state index in [1.54, 1.807) is 0 Å². The lowest BCUT2D eigenvalue weighted by atomic mass is 9.96. The summed E-state index contributed by atoms with van der Waals surface area (Å²) >= 11 is 0. The van der Waals surface area contributed by atoms with E-state index in [1.807, 2.05) is 0 Å². The van der Waals surface area contributed by atoms with Gasteiger partial charge in [0.1, 0.15) is 0 Å². The van der Waals surface area contributed by atoms with Crippen LogP contribution in [0.15, 0.2) is 0 Å². The van der Waals surface area contributed by atoms with Crippen molar-refractivity contribution < 1.29 is 0 Å². The second kappa shape index (κ2) is 6.91. The van der Waals surface area contributed by atoms with Gasteiger partial charge >= 0.3 is 0 Å². The van der Waals surface area contributed by atoms with Crippen LogP contribution in [0.4, 0.5) is 0 Å². The van der Waals surface area contributed by atoms with Gasteiger partial charge in [0.15, 0.2) is 0 Å². The van der Waals surface area contributed by atoms with Crippen molar-refractivity contribution >= 4 is 0 Å². The van der Waals surface area contributed by atoms with Gasteiger partial charge in [0.05, 0.1) is 0 Å². The van der Waals surface area contributed by atoms with Crippen molar-refractivity contribution in [3.8, 4) is 0 Å². The Kier molecular flexibility index (Phi) is 5.50. The Morgan fingerprint density at radius 2 is 1.78 bits per heavy atom. The molecule has 2 nitrogen and oxygen atoms in total. The Morgan fingerprint density at radius 1 is 1.11 bits per heavy atom. The van der Waals surface area contributed by atoms with Crippen molar-refractivity contribution in [2.75, 3.05) is 13.1 Å². The first-order chi connectivity index (χ1) is 8.70. The molecule has 2 aliphatic rings. The zero-order chi connectivity index (χ0) is 13.0. The van der Waals surface area contributed by atoms with E-state index in [2.05, 4.69) is 31.0 Å². The minimum absolute atomic E-state index is 0.688. The fraction of sp³-hybridized carbons (Fsp3) is 1.00. The lowest BCUT2D eigenvalue weighted by Crippen LogP contribution is -2.47. The molecule has 3 atom stereocenters. The number of nitrogens with one attached hydrogen (secondary N) is 1. The van der Waals surface area contributed by atoms with E-state index in [1.165, 1.54) is 58.0 Å². The van der Waals surface area contributed by atoms with Crippen LogP contribution in [0.1, 0.15) is 65.7 Å². The lowest BCUT2D eigenvalue weighted by molar-refractivity contribution is 0.128. The second-order valence-corrected chi connectivity index (χ2v) is 6.57. The van der Waals surface area contributed by atoms with Gasteiger partial charge in [-0.3, -0.25) is 0 Å². The van der Waals surface area contributed by atoms with Crippen LogP contribution in [-0.4, -0.2) is 36.1 Å². The Bertz CT molecular complexity index is 235. The third kappa shape index (κ3) is 3.71. The molecule has 0 radical (unpaired) electrons. The maximum atomic E-state index is 3.77. The van der Waals surface area contributed by atoms with Crippen molar-refractivity contribution in [3.63, 3.8) is 0 Å². The molecule has 0 bridgehead atoms. The zero-order valence-electron chi connectivity index (χ0n) is 12.6. The van der Waals surface area contributed by atoms with Gasteiger partial charge in [0.2, 0.25) is 0 Å². The predicted octanol–water partition coefficient (Wildman–Crippen LogP) is 3.42. The summed E-state index contributed by atoms with van der Waals surface area (Å²) in [6.45, 7) is 9.75. The van der Waals surface area contributed by atoms with Gasteiger partial charge in [-0.15, -0.1) is 0 Å². The van der Waals surface area contributed by atoms with Crippen LogP contribution >= 0.6 is 0 Å². The first-order valence-electron chi connectivity index (χ1n) is 8.20. The van der Waals surface area contributed by atoms with E-state index < -0.39 is 0 Å². The van der Waals surface area contributed by atoms with Gasteiger partial charge < -0.3 is 10.2 Å². The molecule has 1 heterocycles. The molecule has 1 saturated carbocycles. The van der Waals surface area contributed by atoms with Crippen LogP contribution in [0.2, 0.25) is 0 Å². The van der Waals surface area contributed by atoms with Gasteiger partial charge in [0, 0.05) is 18.1 Å². The highest BCUT2D eigenvalue weighted by molar-refractivity contribution is 4.84. The number of hydrogen-bond acceptors (Lipinski definition) is 2. The van der Waals surface area contributed by atoms with Crippen molar-refractivity contribution in [2.24, 2.45) is 5.92 Å². The van der Waals surface area contributed by atoms with Gasteiger partial charge in [0.25, 0.3) is 0 Å². The summed E-state index contributed by atoms with van der Waals surface area (Å²) in [5, 5.41) is 3.77. The molecular formula is C16H32N2. The molecule has 3 unspecified atom stereocenters. The van der Waals surface area contributed by atoms with E-state index in [0.717, 1.165) is 18.0 Å². The fourth-order valence-electron chi connectivity index (χ4n) is 3.83.